The smallest absolute Gasteiger partial charge is 0.377 e. The Kier molecular flexibility index (Phi) is 2.39. The molecule has 0 unspecified atom stereocenters. The molecule has 2 aromatic heterocycles. The van der Waals surface area contributed by atoms with Crippen molar-refractivity contribution in [1.29, 1.82) is 0 Å². The molecule has 7 heteroatoms. The molecule has 2 aromatic rings. The largest absolute Gasteiger partial charge is 0.506 e. The number of aliphatic carboxylic acids is 1. The van der Waals surface area contributed by atoms with Gasteiger partial charge in [0.05, 0.1) is 22.7 Å². The number of aromatic nitrogens is 2. The molecule has 0 radical (unpaired) electrons. The average molecular weight is 285 g/mol. The van der Waals surface area contributed by atoms with E-state index in [2.05, 4.69) is 25.9 Å². The second-order valence-corrected chi connectivity index (χ2v) is 3.77. The summed E-state index contributed by atoms with van der Waals surface area (Å²) in [6.07, 6.45) is 2.37. The van der Waals surface area contributed by atoms with E-state index in [1.54, 1.807) is 0 Å². The molecule has 6 nitrogen and oxygen atoms in total. The number of ketones is 1. The van der Waals surface area contributed by atoms with Crippen LogP contribution in [0.3, 0.4) is 0 Å². The van der Waals surface area contributed by atoms with E-state index in [9.17, 15) is 14.7 Å². The van der Waals surface area contributed by atoms with Gasteiger partial charge in [-0.3, -0.25) is 4.79 Å². The van der Waals surface area contributed by atoms with Crippen LogP contribution in [-0.4, -0.2) is 31.9 Å². The highest BCUT2D eigenvalue weighted by molar-refractivity contribution is 9.10. The Hall–Kier alpha value is -1.89. The molecule has 16 heavy (non-hydrogen) atoms. The van der Waals surface area contributed by atoms with Crippen molar-refractivity contribution in [2.75, 3.05) is 0 Å². The van der Waals surface area contributed by atoms with Gasteiger partial charge in [0.25, 0.3) is 5.78 Å². The van der Waals surface area contributed by atoms with Crippen LogP contribution in [0.25, 0.3) is 10.9 Å². The van der Waals surface area contributed by atoms with Crippen molar-refractivity contribution < 1.29 is 19.8 Å². The van der Waals surface area contributed by atoms with Gasteiger partial charge in [-0.2, -0.15) is 0 Å². The first-order valence-electron chi connectivity index (χ1n) is 4.14. The number of rotatable bonds is 2. The van der Waals surface area contributed by atoms with Crippen LogP contribution in [0.2, 0.25) is 0 Å². The number of hydrogen-bond acceptors (Lipinski definition) is 4. The minimum atomic E-state index is -1.58. The van der Waals surface area contributed by atoms with E-state index < -0.39 is 11.8 Å². The Balaban J connectivity index is 2.78. The van der Waals surface area contributed by atoms with Crippen LogP contribution in [0.15, 0.2) is 17.0 Å². The number of hydrogen-bond donors (Lipinski definition) is 3. The van der Waals surface area contributed by atoms with Gasteiger partial charge in [-0.05, 0) is 15.9 Å². The number of carboxylic acids is 1. The summed E-state index contributed by atoms with van der Waals surface area (Å²) < 4.78 is 0.393. The second kappa shape index (κ2) is 3.60. The minimum absolute atomic E-state index is 0.0944. The zero-order valence-corrected chi connectivity index (χ0v) is 9.28. The first kappa shape index (κ1) is 10.6. The van der Waals surface area contributed by atoms with E-state index in [-0.39, 0.29) is 16.7 Å². The van der Waals surface area contributed by atoms with Crippen molar-refractivity contribution in [2.45, 2.75) is 0 Å². The Bertz CT molecular complexity index is 605. The van der Waals surface area contributed by atoms with Crippen LogP contribution in [0.4, 0.5) is 0 Å². The molecule has 82 valence electrons. The SMILES string of the molecule is O=C(O)C(=O)c1c[nH]c2c(Br)ncc(O)c12. The highest BCUT2D eigenvalue weighted by Gasteiger charge is 2.22. The molecule has 0 aliphatic heterocycles. The molecule has 0 bridgehead atoms. The number of H-pyrrole nitrogens is 1. The summed E-state index contributed by atoms with van der Waals surface area (Å²) in [4.78, 5) is 28.4. The van der Waals surface area contributed by atoms with Gasteiger partial charge in [0, 0.05) is 6.20 Å². The molecule has 0 fully saturated rings. The van der Waals surface area contributed by atoms with E-state index in [1.165, 1.54) is 6.20 Å². The van der Waals surface area contributed by atoms with E-state index in [1.807, 2.05) is 0 Å². The van der Waals surface area contributed by atoms with Gasteiger partial charge in [-0.15, -0.1) is 0 Å². The van der Waals surface area contributed by atoms with Crippen molar-refractivity contribution >= 4 is 38.6 Å². The maximum Gasteiger partial charge on any atom is 0.377 e. The monoisotopic (exact) mass is 284 g/mol. The van der Waals surface area contributed by atoms with Gasteiger partial charge in [-0.1, -0.05) is 0 Å². The minimum Gasteiger partial charge on any atom is -0.506 e. The van der Waals surface area contributed by atoms with E-state index in [0.29, 0.717) is 10.1 Å². The van der Waals surface area contributed by atoms with E-state index in [0.717, 1.165) is 6.20 Å². The molecular weight excluding hydrogens is 280 g/mol. The summed E-state index contributed by atoms with van der Waals surface area (Å²) in [5.74, 6) is -2.91. The van der Waals surface area contributed by atoms with Gasteiger partial charge in [0.1, 0.15) is 10.4 Å². The van der Waals surface area contributed by atoms with E-state index in [4.69, 9.17) is 5.11 Å². The van der Waals surface area contributed by atoms with Crippen LogP contribution in [0.5, 0.6) is 5.75 Å². The third-order valence-corrected chi connectivity index (χ3v) is 2.68. The van der Waals surface area contributed by atoms with Gasteiger partial charge in [0.2, 0.25) is 0 Å². The number of nitrogens with one attached hydrogen (secondary N) is 1. The molecular formula is C9H5BrN2O4. The lowest BCUT2D eigenvalue weighted by atomic mass is 10.1. The molecule has 0 aromatic carbocycles. The number of aromatic amines is 1. The molecule has 0 aliphatic carbocycles. The van der Waals surface area contributed by atoms with Crippen LogP contribution in [0, 0.1) is 0 Å². The fourth-order valence-corrected chi connectivity index (χ4v) is 1.81. The number of nitrogens with zero attached hydrogens (tertiary/aromatic N) is 1. The van der Waals surface area contributed by atoms with Crippen molar-refractivity contribution in [3.8, 4) is 5.75 Å². The highest BCUT2D eigenvalue weighted by atomic mass is 79.9. The van der Waals surface area contributed by atoms with Gasteiger partial charge >= 0.3 is 5.97 Å². The summed E-state index contributed by atoms with van der Waals surface area (Å²) in [6.45, 7) is 0. The summed E-state index contributed by atoms with van der Waals surface area (Å²) >= 11 is 3.12. The van der Waals surface area contributed by atoms with Crippen molar-refractivity contribution in [1.82, 2.24) is 9.97 Å². The summed E-state index contributed by atoms with van der Waals surface area (Å²) in [5.41, 5.74) is 0.285. The predicted molar refractivity (Wildman–Crippen MR) is 57.4 cm³/mol. The quantitative estimate of drug-likeness (QED) is 0.438. The standard InChI is InChI=1S/C9H5BrN2O4/c10-8-6-5(4(13)2-12-8)3(1-11-6)7(14)9(15)16/h1-2,11,13H,(H,15,16). The lowest BCUT2D eigenvalue weighted by Crippen LogP contribution is -2.11. The second-order valence-electron chi connectivity index (χ2n) is 3.02. The zero-order valence-electron chi connectivity index (χ0n) is 7.69. The molecule has 0 saturated carbocycles. The maximum absolute atomic E-state index is 11.3. The van der Waals surface area contributed by atoms with Crippen molar-refractivity contribution in [3.05, 3.63) is 22.6 Å². The number of aromatic hydroxyl groups is 1. The Labute approximate surface area is 97.1 Å². The van der Waals surface area contributed by atoms with Crippen LogP contribution in [-0.2, 0) is 4.79 Å². The van der Waals surface area contributed by atoms with Crippen LogP contribution in [0.1, 0.15) is 10.4 Å². The Morgan fingerprint density at radius 2 is 2.12 bits per heavy atom. The van der Waals surface area contributed by atoms with E-state index >= 15 is 0 Å². The van der Waals surface area contributed by atoms with Gasteiger partial charge < -0.3 is 15.2 Å². The lowest BCUT2D eigenvalue weighted by molar-refractivity contribution is -0.131. The molecule has 0 aliphatic rings. The summed E-state index contributed by atoms with van der Waals surface area (Å²) in [6, 6.07) is 0. The number of carboxylic acid groups (broad SMARTS) is 1. The third kappa shape index (κ3) is 1.45. The molecule has 0 amide bonds. The predicted octanol–water partition coefficient (Wildman–Crippen LogP) is 1.30. The number of Topliss-reactive ketones (excluding diaryl/α,β-unsaturated/α-hetero) is 1. The van der Waals surface area contributed by atoms with Gasteiger partial charge in [-0.25, -0.2) is 9.78 Å². The molecule has 0 saturated heterocycles. The number of halogens is 1. The number of fused-ring (bicyclic) bond motifs is 1. The van der Waals surface area contributed by atoms with Crippen LogP contribution < -0.4 is 0 Å². The summed E-state index contributed by atoms with van der Waals surface area (Å²) in [5, 5.41) is 18.3. The Morgan fingerprint density at radius 1 is 1.44 bits per heavy atom. The third-order valence-electron chi connectivity index (χ3n) is 2.08. The first-order chi connectivity index (χ1) is 7.52. The highest BCUT2D eigenvalue weighted by Crippen LogP contribution is 2.31. The van der Waals surface area contributed by atoms with Crippen molar-refractivity contribution in [3.63, 3.8) is 0 Å². The Morgan fingerprint density at radius 3 is 2.75 bits per heavy atom. The molecule has 2 rings (SSSR count). The number of carbonyl (C=O) groups excluding carboxylic acids is 1. The number of pyridine rings is 1. The normalized spacial score (nSPS) is 10.6. The fraction of sp³-hybridized carbons (Fsp3) is 0. The molecule has 3 N–H and O–H groups in total. The molecule has 0 atom stereocenters. The lowest BCUT2D eigenvalue weighted by Gasteiger charge is -1.98. The molecule has 0 spiro atoms. The first-order valence-corrected chi connectivity index (χ1v) is 4.94. The van der Waals surface area contributed by atoms with Crippen molar-refractivity contribution in [2.24, 2.45) is 0 Å². The van der Waals surface area contributed by atoms with Gasteiger partial charge in [0.15, 0.2) is 0 Å². The zero-order chi connectivity index (χ0) is 11.9. The topological polar surface area (TPSA) is 103 Å². The van der Waals surface area contributed by atoms with Crippen LogP contribution >= 0.6 is 15.9 Å². The maximum atomic E-state index is 11.3. The number of carbonyl (C=O) groups is 2. The summed E-state index contributed by atoms with van der Waals surface area (Å²) in [7, 11) is 0. The average Bonchev–Trinajstić information content (AvgIpc) is 2.67. The fourth-order valence-electron chi connectivity index (χ4n) is 1.39. The molecule has 2 heterocycles.